The largest absolute Gasteiger partial charge is 0.497 e. The first-order chi connectivity index (χ1) is 9.65. The van der Waals surface area contributed by atoms with Crippen LogP contribution >= 0.6 is 11.6 Å². The predicted molar refractivity (Wildman–Crippen MR) is 85.5 cm³/mol. The standard InChI is InChI=1S/C17H20ClNO/c1-12(9-10-19)14-5-8-17(18)16(11-14)13-3-6-15(20-2)7-4-13/h3-8,11-12H,9-10,19H2,1-2H3. The Hall–Kier alpha value is -1.51. The van der Waals surface area contributed by atoms with Crippen LogP contribution in [0.25, 0.3) is 11.1 Å². The summed E-state index contributed by atoms with van der Waals surface area (Å²) >= 11 is 6.33. The zero-order chi connectivity index (χ0) is 14.5. The summed E-state index contributed by atoms with van der Waals surface area (Å²) in [6, 6.07) is 14.1. The Bertz CT molecular complexity index is 566. The second kappa shape index (κ2) is 6.78. The zero-order valence-electron chi connectivity index (χ0n) is 11.9. The fourth-order valence-electron chi connectivity index (χ4n) is 2.26. The predicted octanol–water partition coefficient (Wildman–Crippen LogP) is 4.47. The van der Waals surface area contributed by atoms with Gasteiger partial charge < -0.3 is 10.5 Å². The third-order valence-corrected chi connectivity index (χ3v) is 3.89. The average Bonchev–Trinajstić information content (AvgIpc) is 2.48. The van der Waals surface area contributed by atoms with Crippen LogP contribution in [0.15, 0.2) is 42.5 Å². The number of benzene rings is 2. The van der Waals surface area contributed by atoms with Crippen molar-refractivity contribution in [1.82, 2.24) is 0 Å². The molecular weight excluding hydrogens is 270 g/mol. The van der Waals surface area contributed by atoms with E-state index in [2.05, 4.69) is 19.1 Å². The maximum Gasteiger partial charge on any atom is 0.118 e. The van der Waals surface area contributed by atoms with Crippen molar-refractivity contribution in [1.29, 1.82) is 0 Å². The van der Waals surface area contributed by atoms with Crippen LogP contribution in [-0.4, -0.2) is 13.7 Å². The molecule has 2 rings (SSSR count). The number of methoxy groups -OCH3 is 1. The molecule has 2 aromatic rings. The summed E-state index contributed by atoms with van der Waals surface area (Å²) < 4.78 is 5.18. The van der Waals surface area contributed by atoms with Crippen LogP contribution in [-0.2, 0) is 0 Å². The van der Waals surface area contributed by atoms with E-state index in [4.69, 9.17) is 22.1 Å². The van der Waals surface area contributed by atoms with E-state index < -0.39 is 0 Å². The highest BCUT2D eigenvalue weighted by molar-refractivity contribution is 6.33. The maximum atomic E-state index is 6.33. The lowest BCUT2D eigenvalue weighted by atomic mass is 9.94. The van der Waals surface area contributed by atoms with E-state index in [0.29, 0.717) is 12.5 Å². The number of halogens is 1. The van der Waals surface area contributed by atoms with Crippen molar-refractivity contribution in [2.24, 2.45) is 5.73 Å². The van der Waals surface area contributed by atoms with E-state index >= 15 is 0 Å². The number of ether oxygens (including phenoxy) is 1. The van der Waals surface area contributed by atoms with Gasteiger partial charge in [0.2, 0.25) is 0 Å². The Morgan fingerprint density at radius 1 is 1.15 bits per heavy atom. The van der Waals surface area contributed by atoms with Gasteiger partial charge in [-0.3, -0.25) is 0 Å². The Kier molecular flexibility index (Phi) is 5.05. The van der Waals surface area contributed by atoms with Crippen LogP contribution in [0.1, 0.15) is 24.8 Å². The molecule has 0 spiro atoms. The maximum absolute atomic E-state index is 6.33. The van der Waals surface area contributed by atoms with Gasteiger partial charge in [-0.25, -0.2) is 0 Å². The van der Waals surface area contributed by atoms with Gasteiger partial charge in [0, 0.05) is 10.6 Å². The molecule has 0 aliphatic heterocycles. The highest BCUT2D eigenvalue weighted by Gasteiger charge is 2.09. The molecule has 0 aromatic heterocycles. The monoisotopic (exact) mass is 289 g/mol. The Morgan fingerprint density at radius 3 is 2.45 bits per heavy atom. The van der Waals surface area contributed by atoms with Crippen molar-refractivity contribution in [3.63, 3.8) is 0 Å². The first kappa shape index (κ1) is 14.9. The van der Waals surface area contributed by atoms with Gasteiger partial charge in [-0.05, 0) is 54.3 Å². The van der Waals surface area contributed by atoms with Gasteiger partial charge in [-0.2, -0.15) is 0 Å². The SMILES string of the molecule is COc1ccc(-c2cc(C(C)CCN)ccc2Cl)cc1. The van der Waals surface area contributed by atoms with Crippen LogP contribution < -0.4 is 10.5 Å². The third kappa shape index (κ3) is 3.33. The molecule has 106 valence electrons. The van der Waals surface area contributed by atoms with E-state index in [-0.39, 0.29) is 0 Å². The topological polar surface area (TPSA) is 35.2 Å². The molecule has 20 heavy (non-hydrogen) atoms. The second-order valence-corrected chi connectivity index (χ2v) is 5.35. The van der Waals surface area contributed by atoms with E-state index in [0.717, 1.165) is 28.3 Å². The van der Waals surface area contributed by atoms with Crippen molar-refractivity contribution in [3.8, 4) is 16.9 Å². The number of hydrogen-bond acceptors (Lipinski definition) is 2. The van der Waals surface area contributed by atoms with Gasteiger partial charge >= 0.3 is 0 Å². The van der Waals surface area contributed by atoms with E-state index in [9.17, 15) is 0 Å². The fourth-order valence-corrected chi connectivity index (χ4v) is 2.48. The summed E-state index contributed by atoms with van der Waals surface area (Å²) in [5.41, 5.74) is 9.05. The smallest absolute Gasteiger partial charge is 0.118 e. The summed E-state index contributed by atoms with van der Waals surface area (Å²) in [5, 5.41) is 0.763. The number of nitrogens with two attached hydrogens (primary N) is 1. The molecule has 0 radical (unpaired) electrons. The van der Waals surface area contributed by atoms with Gasteiger partial charge in [-0.1, -0.05) is 36.7 Å². The van der Waals surface area contributed by atoms with Gasteiger partial charge in [0.05, 0.1) is 7.11 Å². The highest BCUT2D eigenvalue weighted by Crippen LogP contribution is 2.32. The molecular formula is C17H20ClNO. The van der Waals surface area contributed by atoms with Crippen LogP contribution in [0.5, 0.6) is 5.75 Å². The second-order valence-electron chi connectivity index (χ2n) is 4.95. The van der Waals surface area contributed by atoms with Crippen LogP contribution in [0, 0.1) is 0 Å². The van der Waals surface area contributed by atoms with Crippen molar-refractivity contribution in [3.05, 3.63) is 53.1 Å². The molecule has 1 unspecified atom stereocenters. The zero-order valence-corrected chi connectivity index (χ0v) is 12.7. The average molecular weight is 290 g/mol. The van der Waals surface area contributed by atoms with Crippen molar-refractivity contribution < 1.29 is 4.74 Å². The van der Waals surface area contributed by atoms with Gasteiger partial charge in [0.25, 0.3) is 0 Å². The first-order valence-electron chi connectivity index (χ1n) is 6.79. The van der Waals surface area contributed by atoms with Gasteiger partial charge in [0.15, 0.2) is 0 Å². The highest BCUT2D eigenvalue weighted by atomic mass is 35.5. The first-order valence-corrected chi connectivity index (χ1v) is 7.17. The lowest BCUT2D eigenvalue weighted by Gasteiger charge is -2.14. The van der Waals surface area contributed by atoms with Crippen molar-refractivity contribution >= 4 is 11.6 Å². The molecule has 2 aromatic carbocycles. The molecule has 0 aliphatic carbocycles. The van der Waals surface area contributed by atoms with Crippen molar-refractivity contribution in [2.75, 3.05) is 13.7 Å². The van der Waals surface area contributed by atoms with Gasteiger partial charge in [-0.15, -0.1) is 0 Å². The number of rotatable bonds is 5. The lowest BCUT2D eigenvalue weighted by Crippen LogP contribution is -2.04. The molecule has 2 nitrogen and oxygen atoms in total. The fraction of sp³-hybridized carbons (Fsp3) is 0.294. The summed E-state index contributed by atoms with van der Waals surface area (Å²) in [4.78, 5) is 0. The molecule has 0 bridgehead atoms. The minimum Gasteiger partial charge on any atom is -0.497 e. The minimum absolute atomic E-state index is 0.439. The third-order valence-electron chi connectivity index (χ3n) is 3.56. The molecule has 1 atom stereocenters. The Balaban J connectivity index is 2.36. The molecule has 0 aliphatic rings. The van der Waals surface area contributed by atoms with Crippen LogP contribution in [0.3, 0.4) is 0 Å². The van der Waals surface area contributed by atoms with Gasteiger partial charge in [0.1, 0.15) is 5.75 Å². The summed E-state index contributed by atoms with van der Waals surface area (Å²) in [6.07, 6.45) is 0.976. The summed E-state index contributed by atoms with van der Waals surface area (Å²) in [7, 11) is 1.66. The van der Waals surface area contributed by atoms with Crippen LogP contribution in [0.4, 0.5) is 0 Å². The Morgan fingerprint density at radius 2 is 1.85 bits per heavy atom. The normalized spacial score (nSPS) is 12.2. The molecule has 0 saturated carbocycles. The number of hydrogen-bond donors (Lipinski definition) is 1. The van der Waals surface area contributed by atoms with E-state index in [1.807, 2.05) is 30.3 Å². The molecule has 0 fully saturated rings. The Labute approximate surface area is 125 Å². The van der Waals surface area contributed by atoms with Crippen LogP contribution in [0.2, 0.25) is 5.02 Å². The van der Waals surface area contributed by atoms with Crippen molar-refractivity contribution in [2.45, 2.75) is 19.3 Å². The lowest BCUT2D eigenvalue weighted by molar-refractivity contribution is 0.415. The quantitative estimate of drug-likeness (QED) is 0.881. The molecule has 0 saturated heterocycles. The van der Waals surface area contributed by atoms with E-state index in [1.54, 1.807) is 7.11 Å². The minimum atomic E-state index is 0.439. The molecule has 0 amide bonds. The molecule has 3 heteroatoms. The molecule has 0 heterocycles. The molecule has 2 N–H and O–H groups in total. The summed E-state index contributed by atoms with van der Waals surface area (Å²) in [6.45, 7) is 2.88. The summed E-state index contributed by atoms with van der Waals surface area (Å²) in [5.74, 6) is 1.28. The van der Waals surface area contributed by atoms with E-state index in [1.165, 1.54) is 5.56 Å².